The molecule has 0 spiro atoms. The van der Waals surface area contributed by atoms with Crippen LogP contribution in [-0.4, -0.2) is 24.5 Å². The molecule has 0 fully saturated rings. The minimum Gasteiger partial charge on any atom is -0.484 e. The van der Waals surface area contributed by atoms with Crippen LogP contribution in [0.5, 0.6) is 11.5 Å². The summed E-state index contributed by atoms with van der Waals surface area (Å²) in [6, 6.07) is 14.9. The van der Waals surface area contributed by atoms with Crippen molar-refractivity contribution in [2.24, 2.45) is 0 Å². The van der Waals surface area contributed by atoms with Gasteiger partial charge >= 0.3 is 0 Å². The fraction of sp³-hybridized carbons (Fsp3) is 0.300. The van der Waals surface area contributed by atoms with Crippen LogP contribution in [0.25, 0.3) is 0 Å². The van der Waals surface area contributed by atoms with Gasteiger partial charge in [0.05, 0.1) is 0 Å². The van der Waals surface area contributed by atoms with Crippen molar-refractivity contribution >= 4 is 11.8 Å². The standard InChI is InChI=1S/C20H24N2O4/c1-4-16-7-11-17(12-8-16)25-13-19(23)21-22-20(24)15(3)26-18-9-5-14(2)6-10-18/h5-12,15H,4,13H2,1-3H3,(H,21,23)(H,22,24). The number of carbonyl (C=O) groups is 2. The Labute approximate surface area is 153 Å². The summed E-state index contributed by atoms with van der Waals surface area (Å²) >= 11 is 0. The summed E-state index contributed by atoms with van der Waals surface area (Å²) in [5.74, 6) is 0.273. The van der Waals surface area contributed by atoms with E-state index in [1.165, 1.54) is 5.56 Å². The molecule has 2 aromatic carbocycles. The van der Waals surface area contributed by atoms with Gasteiger partial charge < -0.3 is 9.47 Å². The number of aryl methyl sites for hydroxylation is 2. The molecule has 2 aromatic rings. The molecule has 0 bridgehead atoms. The lowest BCUT2D eigenvalue weighted by Crippen LogP contribution is -2.48. The Kier molecular flexibility index (Phi) is 7.02. The first-order valence-electron chi connectivity index (χ1n) is 8.51. The van der Waals surface area contributed by atoms with Gasteiger partial charge in [-0.15, -0.1) is 0 Å². The molecule has 2 rings (SSSR count). The van der Waals surface area contributed by atoms with Gasteiger partial charge in [-0.1, -0.05) is 36.8 Å². The molecule has 0 heterocycles. The molecule has 0 aliphatic carbocycles. The van der Waals surface area contributed by atoms with Gasteiger partial charge in [0.25, 0.3) is 11.8 Å². The van der Waals surface area contributed by atoms with Crippen molar-refractivity contribution in [2.45, 2.75) is 33.3 Å². The minimum atomic E-state index is -0.750. The summed E-state index contributed by atoms with van der Waals surface area (Å²) < 4.78 is 10.9. The van der Waals surface area contributed by atoms with Crippen LogP contribution in [0.15, 0.2) is 48.5 Å². The topological polar surface area (TPSA) is 76.7 Å². The number of amides is 2. The van der Waals surface area contributed by atoms with Gasteiger partial charge in [0.15, 0.2) is 12.7 Å². The third kappa shape index (κ3) is 6.12. The normalized spacial score (nSPS) is 11.3. The van der Waals surface area contributed by atoms with Gasteiger partial charge in [0, 0.05) is 0 Å². The van der Waals surface area contributed by atoms with Crippen LogP contribution in [0.1, 0.15) is 25.0 Å². The van der Waals surface area contributed by atoms with E-state index in [2.05, 4.69) is 17.8 Å². The zero-order valence-corrected chi connectivity index (χ0v) is 15.2. The van der Waals surface area contributed by atoms with Gasteiger partial charge in [-0.3, -0.25) is 20.4 Å². The van der Waals surface area contributed by atoms with E-state index in [0.29, 0.717) is 11.5 Å². The molecule has 138 valence electrons. The molecule has 0 aliphatic heterocycles. The van der Waals surface area contributed by atoms with Crippen molar-refractivity contribution in [3.05, 3.63) is 59.7 Å². The molecular weight excluding hydrogens is 332 g/mol. The van der Waals surface area contributed by atoms with Crippen LogP contribution in [0.4, 0.5) is 0 Å². The number of nitrogens with one attached hydrogen (secondary N) is 2. The van der Waals surface area contributed by atoms with Crippen molar-refractivity contribution in [2.75, 3.05) is 6.61 Å². The third-order valence-corrected chi connectivity index (χ3v) is 3.73. The lowest BCUT2D eigenvalue weighted by Gasteiger charge is -2.15. The van der Waals surface area contributed by atoms with Crippen LogP contribution in [0.3, 0.4) is 0 Å². The van der Waals surface area contributed by atoms with E-state index in [9.17, 15) is 9.59 Å². The molecule has 26 heavy (non-hydrogen) atoms. The molecular formula is C20H24N2O4. The van der Waals surface area contributed by atoms with Gasteiger partial charge in [-0.05, 0) is 50.1 Å². The van der Waals surface area contributed by atoms with E-state index in [4.69, 9.17) is 9.47 Å². The summed E-state index contributed by atoms with van der Waals surface area (Å²) in [5, 5.41) is 0. The van der Waals surface area contributed by atoms with Crippen LogP contribution in [0, 0.1) is 6.92 Å². The number of rotatable bonds is 7. The summed E-state index contributed by atoms with van der Waals surface area (Å²) in [4.78, 5) is 23.7. The van der Waals surface area contributed by atoms with Crippen LogP contribution < -0.4 is 20.3 Å². The van der Waals surface area contributed by atoms with Gasteiger partial charge in [0.2, 0.25) is 0 Å². The Hall–Kier alpha value is -3.02. The molecule has 0 saturated heterocycles. The Bertz CT molecular complexity index is 726. The maximum absolute atomic E-state index is 12.0. The molecule has 0 saturated carbocycles. The predicted octanol–water partition coefficient (Wildman–Crippen LogP) is 2.55. The Morgan fingerprint density at radius 1 is 0.962 bits per heavy atom. The highest BCUT2D eigenvalue weighted by Gasteiger charge is 2.15. The summed E-state index contributed by atoms with van der Waals surface area (Å²) in [6.45, 7) is 5.44. The Morgan fingerprint density at radius 2 is 1.58 bits per heavy atom. The fourth-order valence-electron chi connectivity index (χ4n) is 2.11. The second-order valence-electron chi connectivity index (χ2n) is 5.90. The highest BCUT2D eigenvalue weighted by atomic mass is 16.5. The minimum absolute atomic E-state index is 0.195. The smallest absolute Gasteiger partial charge is 0.279 e. The first kappa shape index (κ1) is 19.3. The number of hydrogen-bond acceptors (Lipinski definition) is 4. The molecule has 6 heteroatoms. The van der Waals surface area contributed by atoms with Crippen molar-refractivity contribution in [1.82, 2.24) is 10.9 Å². The number of hydrogen-bond donors (Lipinski definition) is 2. The Balaban J connectivity index is 1.71. The quantitative estimate of drug-likeness (QED) is 0.748. The van der Waals surface area contributed by atoms with E-state index in [0.717, 1.165) is 12.0 Å². The summed E-state index contributed by atoms with van der Waals surface area (Å²) in [7, 11) is 0. The fourth-order valence-corrected chi connectivity index (χ4v) is 2.11. The number of benzene rings is 2. The molecule has 1 atom stereocenters. The maximum atomic E-state index is 12.0. The molecule has 0 aromatic heterocycles. The largest absolute Gasteiger partial charge is 0.484 e. The second kappa shape index (κ2) is 9.46. The molecule has 2 N–H and O–H groups in total. The highest BCUT2D eigenvalue weighted by molar-refractivity contribution is 5.85. The summed E-state index contributed by atoms with van der Waals surface area (Å²) in [5.41, 5.74) is 6.93. The number of ether oxygens (including phenoxy) is 2. The van der Waals surface area contributed by atoms with Gasteiger partial charge in [0.1, 0.15) is 11.5 Å². The van der Waals surface area contributed by atoms with Gasteiger partial charge in [-0.25, -0.2) is 0 Å². The van der Waals surface area contributed by atoms with Crippen LogP contribution in [-0.2, 0) is 16.0 Å². The van der Waals surface area contributed by atoms with E-state index in [1.807, 2.05) is 43.3 Å². The molecule has 6 nitrogen and oxygen atoms in total. The lowest BCUT2D eigenvalue weighted by atomic mass is 10.2. The first-order valence-corrected chi connectivity index (χ1v) is 8.51. The predicted molar refractivity (Wildman–Crippen MR) is 98.9 cm³/mol. The average Bonchev–Trinajstić information content (AvgIpc) is 2.66. The van der Waals surface area contributed by atoms with Crippen LogP contribution in [0.2, 0.25) is 0 Å². The molecule has 0 aliphatic rings. The van der Waals surface area contributed by atoms with Crippen molar-refractivity contribution in [3.8, 4) is 11.5 Å². The average molecular weight is 356 g/mol. The van der Waals surface area contributed by atoms with E-state index in [-0.39, 0.29) is 6.61 Å². The van der Waals surface area contributed by atoms with E-state index < -0.39 is 17.9 Å². The number of hydrazine groups is 1. The van der Waals surface area contributed by atoms with Crippen molar-refractivity contribution in [3.63, 3.8) is 0 Å². The Morgan fingerprint density at radius 3 is 2.19 bits per heavy atom. The molecule has 2 amide bonds. The van der Waals surface area contributed by atoms with Crippen molar-refractivity contribution in [1.29, 1.82) is 0 Å². The van der Waals surface area contributed by atoms with Gasteiger partial charge in [-0.2, -0.15) is 0 Å². The third-order valence-electron chi connectivity index (χ3n) is 3.73. The molecule has 0 radical (unpaired) electrons. The zero-order valence-electron chi connectivity index (χ0n) is 15.2. The van der Waals surface area contributed by atoms with E-state index in [1.54, 1.807) is 19.1 Å². The van der Waals surface area contributed by atoms with Crippen LogP contribution >= 0.6 is 0 Å². The SMILES string of the molecule is CCc1ccc(OCC(=O)NNC(=O)C(C)Oc2ccc(C)cc2)cc1. The first-order chi connectivity index (χ1) is 12.5. The number of carbonyl (C=O) groups excluding carboxylic acids is 2. The van der Waals surface area contributed by atoms with Crippen molar-refractivity contribution < 1.29 is 19.1 Å². The monoisotopic (exact) mass is 356 g/mol. The lowest BCUT2D eigenvalue weighted by molar-refractivity contribution is -0.133. The highest BCUT2D eigenvalue weighted by Crippen LogP contribution is 2.13. The second-order valence-corrected chi connectivity index (χ2v) is 5.90. The zero-order chi connectivity index (χ0) is 18.9. The van der Waals surface area contributed by atoms with E-state index >= 15 is 0 Å². The summed E-state index contributed by atoms with van der Waals surface area (Å²) in [6.07, 6.45) is 0.191. The maximum Gasteiger partial charge on any atom is 0.279 e. The molecule has 1 unspecified atom stereocenters.